The highest BCUT2D eigenvalue weighted by atomic mass is 35.5. The van der Waals surface area contributed by atoms with Crippen molar-refractivity contribution in [1.29, 1.82) is 0 Å². The Kier molecular flexibility index (Phi) is 4.17. The third-order valence-electron chi connectivity index (χ3n) is 3.09. The van der Waals surface area contributed by atoms with Crippen molar-refractivity contribution in [2.45, 2.75) is 18.6 Å². The normalized spacial score (nSPS) is 19.9. The zero-order chi connectivity index (χ0) is 14.0. The topological polar surface area (TPSA) is 82.3 Å². The van der Waals surface area contributed by atoms with E-state index in [-0.39, 0.29) is 12.5 Å². The number of likely N-dealkylation sites (tertiary alicyclic amines) is 1. The summed E-state index contributed by atoms with van der Waals surface area (Å²) < 4.78 is 26.2. The number of carbonyl (C=O) groups is 1. The molecule has 2 N–H and O–H groups in total. The van der Waals surface area contributed by atoms with Crippen molar-refractivity contribution in [2.24, 2.45) is 0 Å². The smallest absolute Gasteiger partial charge is 0.270 e. The molecule has 0 spiro atoms. The molecule has 1 aromatic rings. The highest BCUT2D eigenvalue weighted by Crippen LogP contribution is 2.19. The van der Waals surface area contributed by atoms with Gasteiger partial charge >= 0.3 is 0 Å². The number of rotatable bonds is 4. The quantitative estimate of drug-likeness (QED) is 0.864. The van der Waals surface area contributed by atoms with E-state index >= 15 is 0 Å². The van der Waals surface area contributed by atoms with E-state index in [1.165, 1.54) is 17.2 Å². The van der Waals surface area contributed by atoms with Crippen LogP contribution in [0.4, 0.5) is 0 Å². The Hall–Kier alpha value is -1.05. The first-order valence-electron chi connectivity index (χ1n) is 6.05. The maximum absolute atomic E-state index is 12.1. The molecule has 1 fully saturated rings. The van der Waals surface area contributed by atoms with Gasteiger partial charge in [0.1, 0.15) is 5.69 Å². The van der Waals surface area contributed by atoms with Gasteiger partial charge in [-0.25, -0.2) is 13.1 Å². The van der Waals surface area contributed by atoms with Crippen molar-refractivity contribution in [3.05, 3.63) is 23.0 Å². The fourth-order valence-electron chi connectivity index (χ4n) is 2.15. The molecular weight excluding hydrogens is 290 g/mol. The average Bonchev–Trinajstić information content (AvgIpc) is 2.96. The summed E-state index contributed by atoms with van der Waals surface area (Å²) in [6.07, 6.45) is 1.98. The number of amides is 1. The number of halogens is 1. The maximum atomic E-state index is 12.1. The van der Waals surface area contributed by atoms with Crippen molar-refractivity contribution >= 4 is 27.5 Å². The van der Waals surface area contributed by atoms with Crippen LogP contribution in [0.5, 0.6) is 0 Å². The Morgan fingerprint density at radius 3 is 2.95 bits per heavy atom. The van der Waals surface area contributed by atoms with Gasteiger partial charge in [0.05, 0.1) is 10.3 Å². The molecule has 0 aromatic carbocycles. The summed E-state index contributed by atoms with van der Waals surface area (Å²) in [4.78, 5) is 16.4. The first kappa shape index (κ1) is 14.4. The number of aromatic nitrogens is 1. The van der Waals surface area contributed by atoms with Gasteiger partial charge in [-0.15, -0.1) is 0 Å². The van der Waals surface area contributed by atoms with Crippen molar-refractivity contribution in [3.8, 4) is 0 Å². The summed E-state index contributed by atoms with van der Waals surface area (Å²) in [5.41, 5.74) is 0.381. The van der Waals surface area contributed by atoms with Crippen molar-refractivity contribution in [1.82, 2.24) is 14.6 Å². The summed E-state index contributed by atoms with van der Waals surface area (Å²) in [6, 6.07) is 1.54. The molecule has 1 saturated heterocycles. The average molecular weight is 306 g/mol. The molecule has 19 heavy (non-hydrogen) atoms. The minimum absolute atomic E-state index is 0.213. The Labute approximate surface area is 117 Å². The second-order valence-corrected chi connectivity index (χ2v) is 6.92. The first-order chi connectivity index (χ1) is 8.94. The minimum atomic E-state index is -3.33. The van der Waals surface area contributed by atoms with Gasteiger partial charge in [-0.2, -0.15) is 0 Å². The minimum Gasteiger partial charge on any atom is -0.356 e. The third-order valence-corrected chi connectivity index (χ3v) is 5.27. The van der Waals surface area contributed by atoms with Gasteiger partial charge in [-0.05, 0) is 12.5 Å². The number of nitrogens with zero attached hydrogens (tertiary/aromatic N) is 1. The number of carbonyl (C=O) groups excluding carboxylic acids is 1. The molecular formula is C11H16ClN3O3S. The number of sulfonamides is 1. The second kappa shape index (κ2) is 5.52. The molecule has 2 heterocycles. The van der Waals surface area contributed by atoms with Crippen molar-refractivity contribution in [2.75, 3.05) is 19.6 Å². The number of nitrogens with one attached hydrogen (secondary N) is 2. The van der Waals surface area contributed by atoms with Gasteiger partial charge < -0.3 is 9.88 Å². The second-order valence-electron chi connectivity index (χ2n) is 4.44. The molecule has 0 radical (unpaired) electrons. The van der Waals surface area contributed by atoms with Crippen molar-refractivity contribution in [3.63, 3.8) is 0 Å². The summed E-state index contributed by atoms with van der Waals surface area (Å²) in [7, 11) is -3.33. The van der Waals surface area contributed by atoms with Gasteiger partial charge in [0, 0.05) is 25.8 Å². The highest BCUT2D eigenvalue weighted by Gasteiger charge is 2.35. The molecule has 1 atom stereocenters. The molecule has 106 valence electrons. The van der Waals surface area contributed by atoms with Crippen LogP contribution >= 0.6 is 11.6 Å². The standard InChI is InChI=1S/C11H16ClN3O3S/c1-2-14-19(17,18)9-3-4-15(7-9)11(16)10-5-8(12)6-13-10/h5-6,9,13-14H,2-4,7H2,1H3/t9-/m1/s1. The van der Waals surface area contributed by atoms with Crippen LogP contribution in [0.3, 0.4) is 0 Å². The predicted octanol–water partition coefficient (Wildman–Crippen LogP) is 0.822. The van der Waals surface area contributed by atoms with E-state index < -0.39 is 15.3 Å². The van der Waals surface area contributed by atoms with E-state index in [0.29, 0.717) is 30.2 Å². The lowest BCUT2D eigenvalue weighted by molar-refractivity contribution is 0.0788. The lowest BCUT2D eigenvalue weighted by Gasteiger charge is -2.16. The monoisotopic (exact) mass is 305 g/mol. The summed E-state index contributed by atoms with van der Waals surface area (Å²) in [5.74, 6) is -0.221. The Balaban J connectivity index is 2.04. The van der Waals surface area contributed by atoms with E-state index in [9.17, 15) is 13.2 Å². The van der Waals surface area contributed by atoms with Gasteiger partial charge in [0.25, 0.3) is 5.91 Å². The van der Waals surface area contributed by atoms with E-state index in [1.807, 2.05) is 0 Å². The molecule has 0 aliphatic carbocycles. The number of aromatic amines is 1. The van der Waals surface area contributed by atoms with Crippen LogP contribution in [0.2, 0.25) is 5.02 Å². The zero-order valence-corrected chi connectivity index (χ0v) is 12.1. The summed E-state index contributed by atoms with van der Waals surface area (Å²) >= 11 is 5.75. The van der Waals surface area contributed by atoms with Crippen LogP contribution in [0.15, 0.2) is 12.3 Å². The van der Waals surface area contributed by atoms with Crippen LogP contribution in [-0.2, 0) is 10.0 Å². The van der Waals surface area contributed by atoms with Crippen LogP contribution < -0.4 is 4.72 Å². The Morgan fingerprint density at radius 1 is 1.63 bits per heavy atom. The highest BCUT2D eigenvalue weighted by molar-refractivity contribution is 7.90. The Bertz CT molecular complexity index is 569. The van der Waals surface area contributed by atoms with Gasteiger partial charge in [0.15, 0.2) is 0 Å². The van der Waals surface area contributed by atoms with Crippen LogP contribution in [-0.4, -0.2) is 49.1 Å². The van der Waals surface area contributed by atoms with Gasteiger partial charge in [-0.3, -0.25) is 4.79 Å². The van der Waals surface area contributed by atoms with E-state index in [4.69, 9.17) is 11.6 Å². The van der Waals surface area contributed by atoms with E-state index in [0.717, 1.165) is 0 Å². The number of hydrogen-bond donors (Lipinski definition) is 2. The maximum Gasteiger partial charge on any atom is 0.270 e. The van der Waals surface area contributed by atoms with E-state index in [2.05, 4.69) is 9.71 Å². The summed E-state index contributed by atoms with van der Waals surface area (Å²) in [5, 5.41) is -0.0822. The Morgan fingerprint density at radius 2 is 2.37 bits per heavy atom. The van der Waals surface area contributed by atoms with Gasteiger partial charge in [-0.1, -0.05) is 18.5 Å². The zero-order valence-electron chi connectivity index (χ0n) is 10.5. The lowest BCUT2D eigenvalue weighted by atomic mass is 10.4. The fraction of sp³-hybridized carbons (Fsp3) is 0.545. The fourth-order valence-corrected chi connectivity index (χ4v) is 3.74. The predicted molar refractivity (Wildman–Crippen MR) is 72.7 cm³/mol. The number of H-pyrrole nitrogens is 1. The summed E-state index contributed by atoms with van der Waals surface area (Å²) in [6.45, 7) is 2.74. The molecule has 1 amide bonds. The molecule has 1 aliphatic rings. The molecule has 0 bridgehead atoms. The van der Waals surface area contributed by atoms with Crippen LogP contribution in [0.25, 0.3) is 0 Å². The van der Waals surface area contributed by atoms with Crippen molar-refractivity contribution < 1.29 is 13.2 Å². The molecule has 0 unspecified atom stereocenters. The first-order valence-corrected chi connectivity index (χ1v) is 7.98. The molecule has 1 aromatic heterocycles. The largest absolute Gasteiger partial charge is 0.356 e. The van der Waals surface area contributed by atoms with Crippen LogP contribution in [0, 0.1) is 0 Å². The van der Waals surface area contributed by atoms with Gasteiger partial charge in [0.2, 0.25) is 10.0 Å². The number of hydrogen-bond acceptors (Lipinski definition) is 3. The molecule has 1 aliphatic heterocycles. The molecule has 6 nitrogen and oxygen atoms in total. The van der Waals surface area contributed by atoms with Crippen LogP contribution in [0.1, 0.15) is 23.8 Å². The van der Waals surface area contributed by atoms with E-state index in [1.54, 1.807) is 6.92 Å². The molecule has 2 rings (SSSR count). The SMILES string of the molecule is CCNS(=O)(=O)[C@@H]1CCN(C(=O)c2cc(Cl)c[nH]2)C1. The molecule has 0 saturated carbocycles. The lowest BCUT2D eigenvalue weighted by Crippen LogP contribution is -2.37. The molecule has 8 heteroatoms. The third kappa shape index (κ3) is 3.10.